The second kappa shape index (κ2) is 6.70. The third kappa shape index (κ3) is 4.14. The summed E-state index contributed by atoms with van der Waals surface area (Å²) in [4.78, 5) is 3.98. The van der Waals surface area contributed by atoms with Crippen molar-refractivity contribution in [1.29, 1.82) is 0 Å². The van der Waals surface area contributed by atoms with Gasteiger partial charge in [-0.25, -0.2) is 0 Å². The van der Waals surface area contributed by atoms with Crippen molar-refractivity contribution >= 4 is 11.6 Å². The number of rotatable bonds is 5. The van der Waals surface area contributed by atoms with E-state index in [9.17, 15) is 0 Å². The van der Waals surface area contributed by atoms with Crippen LogP contribution in [-0.4, -0.2) is 37.9 Å². The number of aliphatic hydroxyl groups is 1. The van der Waals surface area contributed by atoms with Gasteiger partial charge < -0.3 is 25.6 Å². The molecule has 0 heterocycles. The Bertz CT molecular complexity index is 419. The highest BCUT2D eigenvalue weighted by molar-refractivity contribution is 5.92. The van der Waals surface area contributed by atoms with E-state index in [1.807, 2.05) is 0 Å². The molecule has 0 saturated heterocycles. The molecule has 0 bridgehead atoms. The van der Waals surface area contributed by atoms with Crippen LogP contribution in [-0.2, 0) is 0 Å². The normalized spacial score (nSPS) is 13.0. The SMILES string of the molecule is COc1ccc(NC(N)=NCC(C)O)cc1OC. The van der Waals surface area contributed by atoms with Crippen LogP contribution in [0.15, 0.2) is 23.2 Å². The van der Waals surface area contributed by atoms with Gasteiger partial charge in [0.05, 0.1) is 26.9 Å². The van der Waals surface area contributed by atoms with Crippen molar-refractivity contribution in [2.24, 2.45) is 10.7 Å². The molecule has 0 radical (unpaired) electrons. The zero-order valence-electron chi connectivity index (χ0n) is 10.8. The topological polar surface area (TPSA) is 89.1 Å². The zero-order valence-corrected chi connectivity index (χ0v) is 10.8. The first kappa shape index (κ1) is 14.1. The number of benzene rings is 1. The molecule has 18 heavy (non-hydrogen) atoms. The Kier molecular flexibility index (Phi) is 5.26. The van der Waals surface area contributed by atoms with Crippen molar-refractivity contribution in [3.63, 3.8) is 0 Å². The second-order valence-electron chi connectivity index (χ2n) is 3.77. The number of hydrogen-bond acceptors (Lipinski definition) is 4. The molecule has 6 heteroatoms. The molecule has 0 aliphatic rings. The molecule has 0 spiro atoms. The first-order valence-electron chi connectivity index (χ1n) is 5.54. The number of nitrogens with two attached hydrogens (primary N) is 1. The summed E-state index contributed by atoms with van der Waals surface area (Å²) in [7, 11) is 3.13. The van der Waals surface area contributed by atoms with Gasteiger partial charge in [0, 0.05) is 11.8 Å². The summed E-state index contributed by atoms with van der Waals surface area (Å²) in [5.74, 6) is 1.48. The van der Waals surface area contributed by atoms with E-state index in [1.165, 1.54) is 0 Å². The summed E-state index contributed by atoms with van der Waals surface area (Å²) in [5.41, 5.74) is 6.41. The molecule has 0 aromatic heterocycles. The summed E-state index contributed by atoms with van der Waals surface area (Å²) >= 11 is 0. The van der Waals surface area contributed by atoms with E-state index in [-0.39, 0.29) is 12.5 Å². The van der Waals surface area contributed by atoms with Crippen LogP contribution in [0, 0.1) is 0 Å². The minimum atomic E-state index is -0.518. The highest BCUT2D eigenvalue weighted by Crippen LogP contribution is 2.29. The number of guanidine groups is 1. The Labute approximate surface area is 106 Å². The molecule has 1 atom stereocenters. The molecule has 0 aliphatic carbocycles. The lowest BCUT2D eigenvalue weighted by molar-refractivity contribution is 0.204. The smallest absolute Gasteiger partial charge is 0.193 e. The van der Waals surface area contributed by atoms with Crippen LogP contribution in [0.4, 0.5) is 5.69 Å². The number of aliphatic hydroxyl groups excluding tert-OH is 1. The number of ether oxygens (including phenoxy) is 2. The van der Waals surface area contributed by atoms with E-state index in [1.54, 1.807) is 39.3 Å². The van der Waals surface area contributed by atoms with Crippen LogP contribution in [0.2, 0.25) is 0 Å². The molecule has 100 valence electrons. The van der Waals surface area contributed by atoms with Crippen molar-refractivity contribution in [3.8, 4) is 11.5 Å². The molecule has 1 rings (SSSR count). The predicted octanol–water partition coefficient (Wildman–Crippen LogP) is 0.811. The molecule has 4 N–H and O–H groups in total. The lowest BCUT2D eigenvalue weighted by Gasteiger charge is -2.11. The number of aliphatic imine (C=N–C) groups is 1. The summed E-state index contributed by atoms with van der Waals surface area (Å²) in [5, 5.41) is 12.0. The van der Waals surface area contributed by atoms with Gasteiger partial charge in [0.15, 0.2) is 17.5 Å². The zero-order chi connectivity index (χ0) is 13.5. The van der Waals surface area contributed by atoms with E-state index in [0.29, 0.717) is 11.5 Å². The van der Waals surface area contributed by atoms with Gasteiger partial charge in [-0.1, -0.05) is 0 Å². The number of anilines is 1. The molecule has 1 unspecified atom stereocenters. The van der Waals surface area contributed by atoms with Gasteiger partial charge in [-0.3, -0.25) is 4.99 Å². The standard InChI is InChI=1S/C12H19N3O3/c1-8(16)7-14-12(13)15-9-4-5-10(17-2)11(6-9)18-3/h4-6,8,16H,7H2,1-3H3,(H3,13,14,15). The first-order valence-corrected chi connectivity index (χ1v) is 5.54. The molecule has 0 saturated carbocycles. The molecule has 0 fully saturated rings. The van der Waals surface area contributed by atoms with Crippen LogP contribution in [0.3, 0.4) is 0 Å². The van der Waals surface area contributed by atoms with Crippen LogP contribution in [0.25, 0.3) is 0 Å². The minimum absolute atomic E-state index is 0.239. The average molecular weight is 253 g/mol. The van der Waals surface area contributed by atoms with Crippen LogP contribution >= 0.6 is 0 Å². The highest BCUT2D eigenvalue weighted by atomic mass is 16.5. The maximum absolute atomic E-state index is 9.09. The first-order chi connectivity index (χ1) is 8.56. The monoisotopic (exact) mass is 253 g/mol. The summed E-state index contributed by atoms with van der Waals surface area (Å²) in [6.07, 6.45) is -0.518. The van der Waals surface area contributed by atoms with Gasteiger partial charge >= 0.3 is 0 Å². The molecular weight excluding hydrogens is 234 g/mol. The predicted molar refractivity (Wildman–Crippen MR) is 71.3 cm³/mol. The largest absolute Gasteiger partial charge is 0.493 e. The summed E-state index contributed by atoms with van der Waals surface area (Å²) in [6.45, 7) is 1.90. The fourth-order valence-corrected chi connectivity index (χ4v) is 1.33. The van der Waals surface area contributed by atoms with E-state index in [4.69, 9.17) is 20.3 Å². The molecule has 1 aromatic rings. The fraction of sp³-hybridized carbons (Fsp3) is 0.417. The lowest BCUT2D eigenvalue weighted by Crippen LogP contribution is -2.24. The maximum atomic E-state index is 9.09. The summed E-state index contributed by atoms with van der Waals surface area (Å²) < 4.78 is 10.3. The Hall–Kier alpha value is -1.95. The number of methoxy groups -OCH3 is 2. The van der Waals surface area contributed by atoms with Gasteiger partial charge in [-0.05, 0) is 19.1 Å². The Balaban J connectivity index is 2.76. The van der Waals surface area contributed by atoms with E-state index < -0.39 is 6.10 Å². The van der Waals surface area contributed by atoms with Crippen molar-refractivity contribution in [1.82, 2.24) is 0 Å². The van der Waals surface area contributed by atoms with Crippen molar-refractivity contribution in [3.05, 3.63) is 18.2 Å². The van der Waals surface area contributed by atoms with Gasteiger partial charge in [-0.15, -0.1) is 0 Å². The fourth-order valence-electron chi connectivity index (χ4n) is 1.33. The lowest BCUT2D eigenvalue weighted by atomic mass is 10.3. The number of nitrogens with one attached hydrogen (secondary N) is 1. The Morgan fingerprint density at radius 2 is 2.06 bits per heavy atom. The maximum Gasteiger partial charge on any atom is 0.193 e. The molecule has 0 aliphatic heterocycles. The van der Waals surface area contributed by atoms with Gasteiger partial charge in [0.2, 0.25) is 0 Å². The average Bonchev–Trinajstić information content (AvgIpc) is 2.36. The van der Waals surface area contributed by atoms with Gasteiger partial charge in [-0.2, -0.15) is 0 Å². The van der Waals surface area contributed by atoms with E-state index >= 15 is 0 Å². The van der Waals surface area contributed by atoms with Crippen molar-refractivity contribution in [2.45, 2.75) is 13.0 Å². The number of hydrogen-bond donors (Lipinski definition) is 3. The summed E-state index contributed by atoms with van der Waals surface area (Å²) in [6, 6.07) is 5.32. The Morgan fingerprint density at radius 3 is 2.61 bits per heavy atom. The third-order valence-electron chi connectivity index (χ3n) is 2.18. The molecule has 6 nitrogen and oxygen atoms in total. The highest BCUT2D eigenvalue weighted by Gasteiger charge is 2.05. The van der Waals surface area contributed by atoms with Gasteiger partial charge in [0.25, 0.3) is 0 Å². The van der Waals surface area contributed by atoms with Crippen molar-refractivity contribution < 1.29 is 14.6 Å². The van der Waals surface area contributed by atoms with Crippen LogP contribution in [0.5, 0.6) is 11.5 Å². The third-order valence-corrected chi connectivity index (χ3v) is 2.18. The molecule has 0 amide bonds. The second-order valence-corrected chi connectivity index (χ2v) is 3.77. The van der Waals surface area contributed by atoms with E-state index in [0.717, 1.165) is 5.69 Å². The molecular formula is C12H19N3O3. The van der Waals surface area contributed by atoms with Crippen LogP contribution in [0.1, 0.15) is 6.92 Å². The van der Waals surface area contributed by atoms with E-state index in [2.05, 4.69) is 10.3 Å². The quantitative estimate of drug-likeness (QED) is 0.534. The van der Waals surface area contributed by atoms with Crippen molar-refractivity contribution in [2.75, 3.05) is 26.1 Å². The minimum Gasteiger partial charge on any atom is -0.493 e. The Morgan fingerprint density at radius 1 is 1.39 bits per heavy atom. The number of nitrogens with zero attached hydrogens (tertiary/aromatic N) is 1. The van der Waals surface area contributed by atoms with Gasteiger partial charge in [0.1, 0.15) is 0 Å². The van der Waals surface area contributed by atoms with Crippen LogP contribution < -0.4 is 20.5 Å². The molecule has 1 aromatic carbocycles.